The van der Waals surface area contributed by atoms with Crippen LogP contribution in [-0.4, -0.2) is 40.1 Å². The van der Waals surface area contributed by atoms with E-state index in [1.165, 1.54) is 24.4 Å². The van der Waals surface area contributed by atoms with Gasteiger partial charge in [0.15, 0.2) is 5.82 Å². The van der Waals surface area contributed by atoms with Crippen molar-refractivity contribution in [2.24, 2.45) is 0 Å². The van der Waals surface area contributed by atoms with Gasteiger partial charge in [-0.05, 0) is 37.1 Å². The van der Waals surface area contributed by atoms with E-state index in [2.05, 4.69) is 15.3 Å². The van der Waals surface area contributed by atoms with E-state index in [9.17, 15) is 17.6 Å². The van der Waals surface area contributed by atoms with Crippen molar-refractivity contribution in [1.82, 2.24) is 19.3 Å². The summed E-state index contributed by atoms with van der Waals surface area (Å²) in [4.78, 5) is 17.7. The quantitative estimate of drug-likeness (QED) is 0.590. The molecule has 0 saturated carbocycles. The minimum atomic E-state index is -4.33. The molecule has 11 heteroatoms. The maximum atomic E-state index is 15.2. The van der Waals surface area contributed by atoms with Crippen LogP contribution in [0.15, 0.2) is 47.9 Å². The molecule has 3 heterocycles. The van der Waals surface area contributed by atoms with Crippen LogP contribution < -0.4 is 5.32 Å². The van der Waals surface area contributed by atoms with Gasteiger partial charge in [0.25, 0.3) is 10.0 Å². The monoisotopic (exact) mass is 422 g/mol. The molecule has 3 aromatic rings. The zero-order chi connectivity index (χ0) is 21.2. The zero-order valence-corrected chi connectivity index (χ0v) is 15.9. The third-order valence-electron chi connectivity index (χ3n) is 4.20. The van der Waals surface area contributed by atoms with Gasteiger partial charge in [0.05, 0.1) is 5.56 Å². The number of nitrogens with zero attached hydrogens (tertiary/aromatic N) is 3. The van der Waals surface area contributed by atoms with Crippen LogP contribution in [0, 0.1) is 18.7 Å². The van der Waals surface area contributed by atoms with Crippen LogP contribution in [-0.2, 0) is 16.4 Å². The number of pyridine rings is 2. The second-order valence-electron chi connectivity index (χ2n) is 6.08. The van der Waals surface area contributed by atoms with E-state index in [0.717, 1.165) is 18.6 Å². The average Bonchev–Trinajstić information content (AvgIpc) is 2.99. The summed E-state index contributed by atoms with van der Waals surface area (Å²) in [5.41, 5.74) is -0.584. The van der Waals surface area contributed by atoms with Crippen molar-refractivity contribution in [2.75, 3.05) is 6.54 Å². The molecule has 0 spiro atoms. The van der Waals surface area contributed by atoms with E-state index in [0.29, 0.717) is 9.54 Å². The number of carbonyl (C=O) groups is 1. The van der Waals surface area contributed by atoms with E-state index < -0.39 is 33.6 Å². The minimum Gasteiger partial charge on any atom is -0.465 e. The topological polar surface area (TPSA) is 114 Å². The summed E-state index contributed by atoms with van der Waals surface area (Å²) in [6, 6.07) is 4.04. The van der Waals surface area contributed by atoms with E-state index >= 15 is 4.39 Å². The summed E-state index contributed by atoms with van der Waals surface area (Å²) in [6.07, 6.45) is 3.26. The van der Waals surface area contributed by atoms with Crippen LogP contribution in [0.2, 0.25) is 0 Å². The molecule has 0 fully saturated rings. The highest BCUT2D eigenvalue weighted by Crippen LogP contribution is 2.32. The van der Waals surface area contributed by atoms with Gasteiger partial charge in [-0.25, -0.2) is 26.6 Å². The van der Waals surface area contributed by atoms with Crippen molar-refractivity contribution in [3.63, 3.8) is 0 Å². The van der Waals surface area contributed by atoms with E-state index in [1.807, 2.05) is 0 Å². The van der Waals surface area contributed by atoms with Crippen molar-refractivity contribution in [1.29, 1.82) is 0 Å². The summed E-state index contributed by atoms with van der Waals surface area (Å²) < 4.78 is 56.5. The van der Waals surface area contributed by atoms with Gasteiger partial charge in [0, 0.05) is 36.9 Å². The van der Waals surface area contributed by atoms with E-state index in [1.54, 1.807) is 6.92 Å². The SMILES string of the molecule is Cc1ccncc1S(=O)(=O)n1cc(CCNC(=O)O)c(F)c1-c1cccnc1F. The molecule has 0 atom stereocenters. The molecule has 0 bridgehead atoms. The van der Waals surface area contributed by atoms with Gasteiger partial charge < -0.3 is 10.4 Å². The number of halogens is 2. The number of aromatic nitrogens is 3. The fraction of sp³-hybridized carbons (Fsp3) is 0.167. The molecule has 3 rings (SSSR count). The van der Waals surface area contributed by atoms with Crippen molar-refractivity contribution < 1.29 is 27.1 Å². The van der Waals surface area contributed by atoms with E-state index in [4.69, 9.17) is 5.11 Å². The number of amides is 1. The van der Waals surface area contributed by atoms with Gasteiger partial charge in [0.2, 0.25) is 5.95 Å². The van der Waals surface area contributed by atoms with Crippen LogP contribution >= 0.6 is 0 Å². The first-order valence-electron chi connectivity index (χ1n) is 8.37. The van der Waals surface area contributed by atoms with E-state index in [-0.39, 0.29) is 29.0 Å². The molecular formula is C18H16F2N4O4S. The number of nitrogens with one attached hydrogen (secondary N) is 1. The first kappa shape index (κ1) is 20.4. The van der Waals surface area contributed by atoms with Gasteiger partial charge in [0.1, 0.15) is 10.6 Å². The maximum absolute atomic E-state index is 15.2. The fourth-order valence-electron chi connectivity index (χ4n) is 2.80. The number of hydrogen-bond acceptors (Lipinski definition) is 5. The molecule has 29 heavy (non-hydrogen) atoms. The molecule has 0 aromatic carbocycles. The largest absolute Gasteiger partial charge is 0.465 e. The third-order valence-corrected chi connectivity index (χ3v) is 5.99. The molecule has 0 unspecified atom stereocenters. The molecule has 0 aliphatic carbocycles. The zero-order valence-electron chi connectivity index (χ0n) is 15.1. The van der Waals surface area contributed by atoms with Crippen LogP contribution in [0.5, 0.6) is 0 Å². The Labute approximate surface area is 164 Å². The highest BCUT2D eigenvalue weighted by Gasteiger charge is 2.29. The molecule has 0 radical (unpaired) electrons. The van der Waals surface area contributed by atoms with Crippen LogP contribution in [0.4, 0.5) is 13.6 Å². The Morgan fingerprint density at radius 2 is 2.03 bits per heavy atom. The smallest absolute Gasteiger partial charge is 0.404 e. The second-order valence-corrected chi connectivity index (χ2v) is 7.87. The number of hydrogen-bond donors (Lipinski definition) is 2. The third kappa shape index (κ3) is 3.94. The summed E-state index contributed by atoms with van der Waals surface area (Å²) in [7, 11) is -4.33. The molecule has 0 aliphatic rings. The fourth-order valence-corrected chi connectivity index (χ4v) is 4.37. The molecule has 1 amide bonds. The summed E-state index contributed by atoms with van der Waals surface area (Å²) >= 11 is 0. The predicted octanol–water partition coefficient (Wildman–Crippen LogP) is 2.58. The van der Waals surface area contributed by atoms with Crippen molar-refractivity contribution in [3.05, 3.63) is 65.9 Å². The van der Waals surface area contributed by atoms with Crippen molar-refractivity contribution in [2.45, 2.75) is 18.2 Å². The van der Waals surface area contributed by atoms with Gasteiger partial charge in [-0.15, -0.1) is 0 Å². The van der Waals surface area contributed by atoms with Crippen molar-refractivity contribution in [3.8, 4) is 11.3 Å². The number of rotatable bonds is 6. The minimum absolute atomic E-state index is 0.0953. The standard InChI is InChI=1S/C18H16F2N4O4S/c1-11-4-7-21-9-14(11)29(27,28)24-10-12(5-8-23-18(25)26)15(19)16(24)13-3-2-6-22-17(13)20/h2-4,6-7,9-10,23H,5,8H2,1H3,(H,25,26). The maximum Gasteiger partial charge on any atom is 0.404 e. The summed E-state index contributed by atoms with van der Waals surface area (Å²) in [5, 5.41) is 10.7. The molecule has 2 N–H and O–H groups in total. The Morgan fingerprint density at radius 3 is 2.69 bits per heavy atom. The Balaban J connectivity index is 2.21. The normalized spacial score (nSPS) is 11.4. The Kier molecular flexibility index (Phi) is 5.59. The van der Waals surface area contributed by atoms with Gasteiger partial charge in [-0.1, -0.05) is 0 Å². The lowest BCUT2D eigenvalue weighted by Crippen LogP contribution is -2.23. The molecule has 152 valence electrons. The molecule has 8 nitrogen and oxygen atoms in total. The average molecular weight is 422 g/mol. The summed E-state index contributed by atoms with van der Waals surface area (Å²) in [5.74, 6) is -2.02. The molecule has 0 aliphatic heterocycles. The van der Waals surface area contributed by atoms with Crippen LogP contribution in [0.25, 0.3) is 11.3 Å². The van der Waals surface area contributed by atoms with Crippen LogP contribution in [0.1, 0.15) is 11.1 Å². The lowest BCUT2D eigenvalue weighted by Gasteiger charge is -2.12. The highest BCUT2D eigenvalue weighted by molar-refractivity contribution is 7.90. The molecule has 3 aromatic heterocycles. The van der Waals surface area contributed by atoms with Gasteiger partial charge >= 0.3 is 6.09 Å². The predicted molar refractivity (Wildman–Crippen MR) is 98.9 cm³/mol. The van der Waals surface area contributed by atoms with Crippen molar-refractivity contribution >= 4 is 16.1 Å². The van der Waals surface area contributed by atoms with Gasteiger partial charge in [-0.2, -0.15) is 4.39 Å². The van der Waals surface area contributed by atoms with Gasteiger partial charge in [-0.3, -0.25) is 4.98 Å². The molecular weight excluding hydrogens is 406 g/mol. The first-order chi connectivity index (χ1) is 13.7. The lowest BCUT2D eigenvalue weighted by molar-refractivity contribution is 0.194. The van der Waals surface area contributed by atoms with Crippen LogP contribution in [0.3, 0.4) is 0 Å². The number of carboxylic acid groups (broad SMARTS) is 1. The summed E-state index contributed by atoms with van der Waals surface area (Å²) in [6.45, 7) is 1.40. The Morgan fingerprint density at radius 1 is 1.28 bits per heavy atom. The Bertz CT molecular complexity index is 1180. The Hall–Kier alpha value is -3.34. The lowest BCUT2D eigenvalue weighted by atomic mass is 10.1. The number of aryl methyl sites for hydroxylation is 1. The second kappa shape index (κ2) is 7.95. The highest BCUT2D eigenvalue weighted by atomic mass is 32.2. The molecule has 0 saturated heterocycles. The first-order valence-corrected chi connectivity index (χ1v) is 9.81.